The molecule has 0 aromatic heterocycles. The van der Waals surface area contributed by atoms with Crippen LogP contribution in [0.4, 0.5) is 14.9 Å². The molecule has 1 saturated heterocycles. The van der Waals surface area contributed by atoms with Crippen LogP contribution in [0.3, 0.4) is 0 Å². The minimum atomic E-state index is -0.407. The number of halogens is 2. The molecule has 26 heavy (non-hydrogen) atoms. The Hall–Kier alpha value is -2.47. The van der Waals surface area contributed by atoms with Gasteiger partial charge in [0.25, 0.3) is 0 Å². The molecule has 7 heteroatoms. The Balaban J connectivity index is 1.39. The number of benzene rings is 2. The molecule has 0 aliphatic carbocycles. The number of urea groups is 1. The van der Waals surface area contributed by atoms with E-state index in [0.29, 0.717) is 24.7 Å². The molecule has 0 atom stereocenters. The van der Waals surface area contributed by atoms with Crippen molar-refractivity contribution in [3.05, 3.63) is 59.4 Å². The Morgan fingerprint density at radius 3 is 2.62 bits per heavy atom. The van der Waals surface area contributed by atoms with Crippen molar-refractivity contribution in [1.82, 2.24) is 10.2 Å². The minimum absolute atomic E-state index is 0.132. The van der Waals surface area contributed by atoms with Crippen molar-refractivity contribution < 1.29 is 13.9 Å². The highest BCUT2D eigenvalue weighted by Gasteiger charge is 2.21. The standard InChI is InChI=1S/C19H21ClFN3O2/c20-15-4-3-5-16(14-15)23-9-11-24(12-10-23)19(25)22-8-13-26-18-7-2-1-6-17(18)21/h1-7,14H,8-13H2,(H,22,25). The summed E-state index contributed by atoms with van der Waals surface area (Å²) in [6.07, 6.45) is 0. The molecule has 2 amide bonds. The average molecular weight is 378 g/mol. The number of rotatable bonds is 5. The Kier molecular flexibility index (Phi) is 6.17. The van der Waals surface area contributed by atoms with E-state index in [9.17, 15) is 9.18 Å². The van der Waals surface area contributed by atoms with Gasteiger partial charge in [-0.3, -0.25) is 0 Å². The first kappa shape index (κ1) is 18.3. The summed E-state index contributed by atoms with van der Waals surface area (Å²) < 4.78 is 18.8. The molecular weight excluding hydrogens is 357 g/mol. The predicted molar refractivity (Wildman–Crippen MR) is 101 cm³/mol. The van der Waals surface area contributed by atoms with Crippen molar-refractivity contribution in [2.75, 3.05) is 44.2 Å². The van der Waals surface area contributed by atoms with Crippen molar-refractivity contribution in [3.63, 3.8) is 0 Å². The van der Waals surface area contributed by atoms with Crippen molar-refractivity contribution >= 4 is 23.3 Å². The third-order valence-corrected chi connectivity index (χ3v) is 4.45. The van der Waals surface area contributed by atoms with Gasteiger partial charge in [-0.1, -0.05) is 29.8 Å². The number of nitrogens with zero attached hydrogens (tertiary/aromatic N) is 2. The lowest BCUT2D eigenvalue weighted by atomic mass is 10.2. The molecule has 5 nitrogen and oxygen atoms in total. The number of amides is 2. The summed E-state index contributed by atoms with van der Waals surface area (Å²) in [6.45, 7) is 3.30. The topological polar surface area (TPSA) is 44.8 Å². The molecule has 1 N–H and O–H groups in total. The first-order valence-corrected chi connectivity index (χ1v) is 8.92. The summed E-state index contributed by atoms with van der Waals surface area (Å²) in [6, 6.07) is 13.8. The maximum atomic E-state index is 13.4. The van der Waals surface area contributed by atoms with E-state index >= 15 is 0 Å². The molecule has 2 aromatic rings. The van der Waals surface area contributed by atoms with Gasteiger partial charge >= 0.3 is 6.03 Å². The Morgan fingerprint density at radius 2 is 1.88 bits per heavy atom. The zero-order chi connectivity index (χ0) is 18.4. The van der Waals surface area contributed by atoms with Crippen molar-refractivity contribution in [2.24, 2.45) is 0 Å². The number of piperazine rings is 1. The molecule has 0 radical (unpaired) electrons. The van der Waals surface area contributed by atoms with Gasteiger partial charge in [-0.2, -0.15) is 0 Å². The third kappa shape index (κ3) is 4.79. The number of hydrogen-bond donors (Lipinski definition) is 1. The fourth-order valence-corrected chi connectivity index (χ4v) is 3.02. The Morgan fingerprint density at radius 1 is 1.12 bits per heavy atom. The summed E-state index contributed by atoms with van der Waals surface area (Å²) in [5, 5.41) is 3.51. The fourth-order valence-electron chi connectivity index (χ4n) is 2.83. The number of nitrogens with one attached hydrogen (secondary N) is 1. The number of carbonyl (C=O) groups excluding carboxylic acids is 1. The third-order valence-electron chi connectivity index (χ3n) is 4.21. The van der Waals surface area contributed by atoms with Crippen molar-refractivity contribution in [1.29, 1.82) is 0 Å². The first-order chi connectivity index (χ1) is 12.6. The molecule has 138 valence electrons. The first-order valence-electron chi connectivity index (χ1n) is 8.54. The fraction of sp³-hybridized carbons (Fsp3) is 0.316. The van der Waals surface area contributed by atoms with E-state index in [2.05, 4.69) is 10.2 Å². The van der Waals surface area contributed by atoms with Crippen LogP contribution >= 0.6 is 11.6 Å². The van der Waals surface area contributed by atoms with Crippen LogP contribution in [0, 0.1) is 5.82 Å². The molecule has 2 aromatic carbocycles. The summed E-state index contributed by atoms with van der Waals surface area (Å²) in [7, 11) is 0. The van der Waals surface area contributed by atoms with Gasteiger partial charge in [0.2, 0.25) is 0 Å². The van der Waals surface area contributed by atoms with Crippen LogP contribution < -0.4 is 15.0 Å². The van der Waals surface area contributed by atoms with Gasteiger partial charge in [-0.25, -0.2) is 9.18 Å². The molecule has 1 heterocycles. The zero-order valence-corrected chi connectivity index (χ0v) is 15.1. The van der Waals surface area contributed by atoms with Crippen LogP contribution in [-0.2, 0) is 0 Å². The monoisotopic (exact) mass is 377 g/mol. The zero-order valence-electron chi connectivity index (χ0n) is 14.3. The summed E-state index contributed by atoms with van der Waals surface area (Å²) in [5.74, 6) is -0.215. The lowest BCUT2D eigenvalue weighted by Gasteiger charge is -2.36. The van der Waals surface area contributed by atoms with E-state index in [1.165, 1.54) is 6.07 Å². The van der Waals surface area contributed by atoms with Gasteiger partial charge < -0.3 is 19.9 Å². The highest BCUT2D eigenvalue weighted by Crippen LogP contribution is 2.20. The summed E-state index contributed by atoms with van der Waals surface area (Å²) >= 11 is 6.03. The van der Waals surface area contributed by atoms with E-state index in [-0.39, 0.29) is 18.4 Å². The smallest absolute Gasteiger partial charge is 0.317 e. The van der Waals surface area contributed by atoms with Gasteiger partial charge in [-0.05, 0) is 30.3 Å². The van der Waals surface area contributed by atoms with Crippen LogP contribution in [0.1, 0.15) is 0 Å². The van der Waals surface area contributed by atoms with E-state index < -0.39 is 5.82 Å². The second-order valence-corrected chi connectivity index (χ2v) is 6.40. The highest BCUT2D eigenvalue weighted by atomic mass is 35.5. The number of ether oxygens (including phenoxy) is 1. The molecule has 0 unspecified atom stereocenters. The van der Waals surface area contributed by atoms with Gasteiger partial charge in [0.05, 0.1) is 6.54 Å². The normalized spacial score (nSPS) is 14.2. The lowest BCUT2D eigenvalue weighted by Crippen LogP contribution is -2.52. The molecule has 1 fully saturated rings. The minimum Gasteiger partial charge on any atom is -0.489 e. The van der Waals surface area contributed by atoms with Crippen LogP contribution in [0.2, 0.25) is 5.02 Å². The van der Waals surface area contributed by atoms with E-state index in [0.717, 1.165) is 18.8 Å². The lowest BCUT2D eigenvalue weighted by molar-refractivity contribution is 0.191. The van der Waals surface area contributed by atoms with Crippen LogP contribution in [0.25, 0.3) is 0 Å². The maximum Gasteiger partial charge on any atom is 0.317 e. The quantitative estimate of drug-likeness (QED) is 0.812. The Labute approximate surface area is 157 Å². The maximum absolute atomic E-state index is 13.4. The summed E-state index contributed by atoms with van der Waals surface area (Å²) in [4.78, 5) is 16.2. The second kappa shape index (κ2) is 8.76. The van der Waals surface area contributed by atoms with Crippen LogP contribution in [-0.4, -0.2) is 50.3 Å². The highest BCUT2D eigenvalue weighted by molar-refractivity contribution is 6.30. The SMILES string of the molecule is O=C(NCCOc1ccccc1F)N1CCN(c2cccc(Cl)c2)CC1. The number of hydrogen-bond acceptors (Lipinski definition) is 3. The van der Waals surface area contributed by atoms with Crippen LogP contribution in [0.15, 0.2) is 48.5 Å². The van der Waals surface area contributed by atoms with E-state index in [1.807, 2.05) is 24.3 Å². The van der Waals surface area contributed by atoms with Gasteiger partial charge in [0.15, 0.2) is 11.6 Å². The predicted octanol–water partition coefficient (Wildman–Crippen LogP) is 3.39. The molecule has 0 bridgehead atoms. The number of para-hydroxylation sites is 1. The van der Waals surface area contributed by atoms with E-state index in [4.69, 9.17) is 16.3 Å². The van der Waals surface area contributed by atoms with Crippen molar-refractivity contribution in [3.8, 4) is 5.75 Å². The molecule has 1 aliphatic rings. The molecule has 3 rings (SSSR count). The molecule has 1 aliphatic heterocycles. The van der Waals surface area contributed by atoms with Gasteiger partial charge in [-0.15, -0.1) is 0 Å². The second-order valence-electron chi connectivity index (χ2n) is 5.96. The number of anilines is 1. The number of carbonyl (C=O) groups is 1. The van der Waals surface area contributed by atoms with Crippen molar-refractivity contribution in [2.45, 2.75) is 0 Å². The van der Waals surface area contributed by atoms with Crippen LogP contribution in [0.5, 0.6) is 5.75 Å². The summed E-state index contributed by atoms with van der Waals surface area (Å²) in [5.41, 5.74) is 1.07. The van der Waals surface area contributed by atoms with Gasteiger partial charge in [0, 0.05) is 36.9 Å². The average Bonchev–Trinajstić information content (AvgIpc) is 2.66. The molecule has 0 saturated carbocycles. The molecule has 0 spiro atoms. The van der Waals surface area contributed by atoms with Gasteiger partial charge in [0.1, 0.15) is 6.61 Å². The molecular formula is C19H21ClFN3O2. The largest absolute Gasteiger partial charge is 0.489 e. The van der Waals surface area contributed by atoms with E-state index in [1.54, 1.807) is 23.1 Å². The Bertz CT molecular complexity index is 751.